The number of para-hydroxylation sites is 2. The van der Waals surface area contributed by atoms with Gasteiger partial charge in [0.05, 0.1) is 26.7 Å². The van der Waals surface area contributed by atoms with E-state index in [2.05, 4.69) is 48.3 Å². The molecule has 4 rings (SSSR count). The number of aromatic nitrogens is 3. The molecule has 1 saturated heterocycles. The quantitative estimate of drug-likeness (QED) is 0.688. The standard InChI is InChI=1S/C17H22B2N4/c18-15(19)11-12-5-8-22(9-6-12)16-7-10-23-14-4-2-1-3-13(14)20-17(23)21-16/h1-4,7,10,12,15H,5-6,8-9,11,18-19H2. The van der Waals surface area contributed by atoms with Gasteiger partial charge in [-0.2, -0.15) is 4.98 Å². The van der Waals surface area contributed by atoms with Gasteiger partial charge in [-0.1, -0.05) is 24.3 Å². The van der Waals surface area contributed by atoms with E-state index in [-0.39, 0.29) is 0 Å². The first-order valence-corrected chi connectivity index (χ1v) is 8.69. The molecule has 0 aliphatic carbocycles. The predicted octanol–water partition coefficient (Wildman–Crippen LogP) is 1.50. The molecule has 0 amide bonds. The van der Waals surface area contributed by atoms with Gasteiger partial charge in [0.15, 0.2) is 0 Å². The third kappa shape index (κ3) is 2.82. The van der Waals surface area contributed by atoms with Gasteiger partial charge in [-0.3, -0.25) is 4.40 Å². The smallest absolute Gasteiger partial charge is 0.236 e. The Hall–Kier alpha value is -1.97. The highest BCUT2D eigenvalue weighted by atomic mass is 15.2. The van der Waals surface area contributed by atoms with Crippen molar-refractivity contribution in [1.82, 2.24) is 14.4 Å². The molecule has 3 heterocycles. The summed E-state index contributed by atoms with van der Waals surface area (Å²) < 4.78 is 2.07. The summed E-state index contributed by atoms with van der Waals surface area (Å²) in [5, 5.41) is 0. The minimum absolute atomic E-state index is 0.799. The summed E-state index contributed by atoms with van der Waals surface area (Å²) in [5.74, 6) is 2.74. The fourth-order valence-electron chi connectivity index (χ4n) is 3.78. The maximum absolute atomic E-state index is 4.80. The second-order valence-corrected chi connectivity index (χ2v) is 7.12. The molecular formula is C17H22B2N4. The van der Waals surface area contributed by atoms with Crippen molar-refractivity contribution in [2.24, 2.45) is 5.92 Å². The van der Waals surface area contributed by atoms with E-state index < -0.39 is 0 Å². The van der Waals surface area contributed by atoms with Gasteiger partial charge in [-0.25, -0.2) is 4.98 Å². The molecule has 1 aliphatic rings. The molecule has 0 spiro atoms. The Bertz CT molecular complexity index is 822. The topological polar surface area (TPSA) is 33.4 Å². The molecule has 0 saturated carbocycles. The first-order valence-electron chi connectivity index (χ1n) is 8.69. The molecule has 0 bridgehead atoms. The van der Waals surface area contributed by atoms with E-state index in [1.54, 1.807) is 0 Å². The van der Waals surface area contributed by atoms with Crippen LogP contribution in [0.4, 0.5) is 5.82 Å². The molecule has 4 nitrogen and oxygen atoms in total. The van der Waals surface area contributed by atoms with Gasteiger partial charge in [-0.05, 0) is 37.0 Å². The first kappa shape index (κ1) is 14.6. The lowest BCUT2D eigenvalue weighted by molar-refractivity contribution is 0.388. The molecule has 0 unspecified atom stereocenters. The minimum atomic E-state index is 0.799. The molecule has 0 N–H and O–H groups in total. The molecule has 2 aromatic heterocycles. The minimum Gasteiger partial charge on any atom is -0.356 e. The highest BCUT2D eigenvalue weighted by molar-refractivity contribution is 6.35. The highest BCUT2D eigenvalue weighted by Crippen LogP contribution is 2.27. The summed E-state index contributed by atoms with van der Waals surface area (Å²) in [4.78, 5) is 11.9. The molecular weight excluding hydrogens is 282 g/mol. The Morgan fingerprint density at radius 1 is 1.09 bits per heavy atom. The zero-order valence-electron chi connectivity index (χ0n) is 13.9. The van der Waals surface area contributed by atoms with Crippen LogP contribution < -0.4 is 4.90 Å². The Morgan fingerprint density at radius 3 is 2.65 bits per heavy atom. The van der Waals surface area contributed by atoms with Gasteiger partial charge in [0.2, 0.25) is 5.78 Å². The van der Waals surface area contributed by atoms with Crippen LogP contribution in [0.1, 0.15) is 19.3 Å². The lowest BCUT2D eigenvalue weighted by Gasteiger charge is -2.33. The van der Waals surface area contributed by atoms with E-state index in [0.29, 0.717) is 0 Å². The van der Waals surface area contributed by atoms with Crippen LogP contribution in [0.2, 0.25) is 5.72 Å². The third-order valence-corrected chi connectivity index (χ3v) is 4.91. The normalized spacial score (nSPS) is 16.7. The third-order valence-electron chi connectivity index (χ3n) is 4.91. The van der Waals surface area contributed by atoms with Gasteiger partial charge in [0.25, 0.3) is 0 Å². The summed E-state index contributed by atoms with van der Waals surface area (Å²) in [6, 6.07) is 10.3. The van der Waals surface area contributed by atoms with Crippen LogP contribution in [-0.4, -0.2) is 43.2 Å². The van der Waals surface area contributed by atoms with E-state index in [0.717, 1.165) is 47.4 Å². The molecule has 6 heteroatoms. The highest BCUT2D eigenvalue weighted by Gasteiger charge is 2.21. The van der Waals surface area contributed by atoms with Crippen LogP contribution in [0.15, 0.2) is 36.5 Å². The van der Waals surface area contributed by atoms with Crippen molar-refractivity contribution in [2.45, 2.75) is 25.0 Å². The van der Waals surface area contributed by atoms with E-state index in [4.69, 9.17) is 4.98 Å². The number of imidazole rings is 1. The van der Waals surface area contributed by atoms with Crippen molar-refractivity contribution in [3.05, 3.63) is 36.5 Å². The van der Waals surface area contributed by atoms with E-state index >= 15 is 0 Å². The molecule has 116 valence electrons. The summed E-state index contributed by atoms with van der Waals surface area (Å²) in [5.41, 5.74) is 2.93. The first-order chi connectivity index (χ1) is 11.2. The average molecular weight is 304 g/mol. The number of benzene rings is 1. The van der Waals surface area contributed by atoms with Crippen molar-refractivity contribution in [3.63, 3.8) is 0 Å². The Kier molecular flexibility index (Phi) is 3.76. The Labute approximate surface area is 138 Å². The molecule has 1 fully saturated rings. The van der Waals surface area contributed by atoms with Crippen LogP contribution in [0, 0.1) is 5.92 Å². The summed E-state index contributed by atoms with van der Waals surface area (Å²) >= 11 is 0. The Morgan fingerprint density at radius 2 is 1.87 bits per heavy atom. The largest absolute Gasteiger partial charge is 0.356 e. The van der Waals surface area contributed by atoms with Gasteiger partial charge < -0.3 is 4.90 Å². The second kappa shape index (κ2) is 5.91. The number of hydrogen-bond acceptors (Lipinski definition) is 3. The number of anilines is 1. The van der Waals surface area contributed by atoms with Gasteiger partial charge in [-0.15, -0.1) is 0 Å². The number of hydrogen-bond donors (Lipinski definition) is 0. The summed E-state index contributed by atoms with van der Waals surface area (Å²) in [6.45, 7) is 2.22. The van der Waals surface area contributed by atoms with Crippen molar-refractivity contribution in [2.75, 3.05) is 18.0 Å². The van der Waals surface area contributed by atoms with Crippen LogP contribution in [-0.2, 0) is 0 Å². The van der Waals surface area contributed by atoms with Crippen molar-refractivity contribution < 1.29 is 0 Å². The number of fused-ring (bicyclic) bond motifs is 3. The maximum atomic E-state index is 4.80. The summed E-state index contributed by atoms with van der Waals surface area (Å²) in [7, 11) is 4.65. The van der Waals surface area contributed by atoms with Crippen molar-refractivity contribution in [3.8, 4) is 0 Å². The number of piperidine rings is 1. The van der Waals surface area contributed by atoms with E-state index in [9.17, 15) is 0 Å². The maximum Gasteiger partial charge on any atom is 0.236 e. The molecule has 1 aromatic carbocycles. The molecule has 3 aromatic rings. The fourth-order valence-corrected chi connectivity index (χ4v) is 3.78. The second-order valence-electron chi connectivity index (χ2n) is 7.12. The van der Waals surface area contributed by atoms with Gasteiger partial charge in [0.1, 0.15) is 5.82 Å². The van der Waals surface area contributed by atoms with Crippen LogP contribution >= 0.6 is 0 Å². The fraction of sp³-hybridized carbons (Fsp3) is 0.412. The van der Waals surface area contributed by atoms with Crippen LogP contribution in [0.25, 0.3) is 16.8 Å². The van der Waals surface area contributed by atoms with Gasteiger partial charge >= 0.3 is 0 Å². The lowest BCUT2D eigenvalue weighted by Crippen LogP contribution is -2.34. The zero-order valence-corrected chi connectivity index (χ0v) is 13.9. The van der Waals surface area contributed by atoms with E-state index in [1.165, 1.54) is 19.3 Å². The number of nitrogens with zero attached hydrogens (tertiary/aromatic N) is 4. The molecule has 0 radical (unpaired) electrons. The lowest BCUT2D eigenvalue weighted by atomic mass is 9.65. The summed E-state index contributed by atoms with van der Waals surface area (Å²) in [6.07, 6.45) is 6.02. The monoisotopic (exact) mass is 304 g/mol. The average Bonchev–Trinajstić information content (AvgIpc) is 2.92. The Balaban J connectivity index is 1.57. The molecule has 0 atom stereocenters. The zero-order chi connectivity index (χ0) is 15.8. The predicted molar refractivity (Wildman–Crippen MR) is 101 cm³/mol. The van der Waals surface area contributed by atoms with Crippen LogP contribution in [0.5, 0.6) is 0 Å². The van der Waals surface area contributed by atoms with Crippen LogP contribution in [0.3, 0.4) is 0 Å². The van der Waals surface area contributed by atoms with Crippen molar-refractivity contribution in [1.29, 1.82) is 0 Å². The molecule has 23 heavy (non-hydrogen) atoms. The SMILES string of the molecule is BC(B)CC1CCN(c2ccn3c(n2)nc2ccccc23)CC1. The van der Waals surface area contributed by atoms with Gasteiger partial charge in [0, 0.05) is 19.3 Å². The molecule has 1 aliphatic heterocycles. The van der Waals surface area contributed by atoms with Crippen molar-refractivity contribution >= 4 is 38.3 Å². The van der Waals surface area contributed by atoms with E-state index in [1.807, 2.05) is 18.2 Å². The number of rotatable bonds is 3.